The topological polar surface area (TPSA) is 110 Å². The maximum Gasteiger partial charge on any atom is 0.259 e. The smallest absolute Gasteiger partial charge is 0.259 e. The van der Waals surface area contributed by atoms with E-state index in [1.807, 2.05) is 0 Å². The molecule has 9 heteroatoms. The number of nitrogens with zero attached hydrogens (tertiary/aromatic N) is 3. The molecule has 1 aromatic rings. The molecule has 8 nitrogen and oxygen atoms in total. The molecule has 0 bridgehead atoms. The number of aromatic nitrogens is 2. The number of sulfonamides is 1. The molecule has 1 aliphatic heterocycles. The number of nitrogens with two attached hydrogens (primary N) is 1. The Kier molecular flexibility index (Phi) is 5.20. The summed E-state index contributed by atoms with van der Waals surface area (Å²) in [7, 11) is -1.95. The van der Waals surface area contributed by atoms with Gasteiger partial charge in [0, 0.05) is 45.3 Å². The Hall–Kier alpha value is -1.45. The van der Waals surface area contributed by atoms with Crippen molar-refractivity contribution < 1.29 is 13.2 Å². The molecule has 0 spiro atoms. The van der Waals surface area contributed by atoms with Gasteiger partial charge in [0.2, 0.25) is 5.91 Å². The predicted molar refractivity (Wildman–Crippen MR) is 81.5 cm³/mol. The van der Waals surface area contributed by atoms with Crippen molar-refractivity contribution >= 4 is 15.9 Å². The molecule has 124 valence electrons. The summed E-state index contributed by atoms with van der Waals surface area (Å²) in [4.78, 5) is 17.8. The predicted octanol–water partition coefficient (Wildman–Crippen LogP) is -0.653. The third-order valence-electron chi connectivity index (χ3n) is 3.96. The third-order valence-corrected chi connectivity index (χ3v) is 5.29. The number of carbonyl (C=O) groups is 1. The van der Waals surface area contributed by atoms with E-state index in [1.54, 1.807) is 23.4 Å². The van der Waals surface area contributed by atoms with Gasteiger partial charge in [-0.3, -0.25) is 4.79 Å². The summed E-state index contributed by atoms with van der Waals surface area (Å²) in [5.74, 6) is 0.548. The average Bonchev–Trinajstić information content (AvgIpc) is 3.06. The van der Waals surface area contributed by atoms with E-state index in [0.717, 1.165) is 12.8 Å². The van der Waals surface area contributed by atoms with Crippen molar-refractivity contribution in [3.05, 3.63) is 12.0 Å². The second-order valence-electron chi connectivity index (χ2n) is 5.50. The molecule has 1 fully saturated rings. The van der Waals surface area contributed by atoms with Gasteiger partial charge in [-0.1, -0.05) is 0 Å². The van der Waals surface area contributed by atoms with Crippen molar-refractivity contribution in [3.8, 4) is 0 Å². The normalized spacial score (nSPS) is 18.9. The second kappa shape index (κ2) is 6.76. The van der Waals surface area contributed by atoms with Crippen LogP contribution in [0.15, 0.2) is 11.2 Å². The minimum atomic E-state index is -3.68. The van der Waals surface area contributed by atoms with Crippen molar-refractivity contribution in [1.82, 2.24) is 19.2 Å². The third kappa shape index (κ3) is 3.65. The van der Waals surface area contributed by atoms with Crippen LogP contribution in [0.1, 0.15) is 25.1 Å². The number of amides is 1. The average molecular weight is 329 g/mol. The summed E-state index contributed by atoms with van der Waals surface area (Å²) in [5, 5.41) is -0.0269. The second-order valence-corrected chi connectivity index (χ2v) is 7.22. The van der Waals surface area contributed by atoms with Crippen LogP contribution in [0.25, 0.3) is 0 Å². The Morgan fingerprint density at radius 1 is 1.55 bits per heavy atom. The van der Waals surface area contributed by atoms with Crippen LogP contribution in [0.2, 0.25) is 0 Å². The van der Waals surface area contributed by atoms with Gasteiger partial charge in [0.1, 0.15) is 5.82 Å². The Labute approximate surface area is 130 Å². The summed E-state index contributed by atoms with van der Waals surface area (Å²) < 4.78 is 28.2. The first-order chi connectivity index (χ1) is 10.3. The minimum absolute atomic E-state index is 0.0269. The van der Waals surface area contributed by atoms with Crippen LogP contribution >= 0.6 is 0 Å². The van der Waals surface area contributed by atoms with E-state index in [9.17, 15) is 13.2 Å². The molecule has 1 saturated heterocycles. The summed E-state index contributed by atoms with van der Waals surface area (Å²) in [6, 6.07) is 0.0857. The van der Waals surface area contributed by atoms with E-state index < -0.39 is 10.0 Å². The van der Waals surface area contributed by atoms with Crippen LogP contribution in [-0.2, 0) is 21.9 Å². The van der Waals surface area contributed by atoms with Crippen LogP contribution in [0, 0.1) is 6.92 Å². The number of hydrogen-bond acceptors (Lipinski definition) is 5. The monoisotopic (exact) mass is 329 g/mol. The fourth-order valence-electron chi connectivity index (χ4n) is 2.57. The minimum Gasteiger partial charge on any atom is -0.338 e. The first-order valence-corrected chi connectivity index (χ1v) is 8.82. The number of likely N-dealkylation sites (tertiary alicyclic amines) is 1. The van der Waals surface area contributed by atoms with Crippen molar-refractivity contribution in [2.45, 2.75) is 37.3 Å². The van der Waals surface area contributed by atoms with E-state index in [0.29, 0.717) is 18.9 Å². The van der Waals surface area contributed by atoms with E-state index in [4.69, 9.17) is 5.73 Å². The molecule has 1 atom stereocenters. The van der Waals surface area contributed by atoms with Crippen molar-refractivity contribution in [2.24, 2.45) is 12.8 Å². The highest BCUT2D eigenvalue weighted by atomic mass is 32.2. The van der Waals surface area contributed by atoms with Gasteiger partial charge in [0.05, 0.1) is 0 Å². The zero-order chi connectivity index (χ0) is 16.3. The van der Waals surface area contributed by atoms with E-state index in [-0.39, 0.29) is 29.9 Å². The fourth-order valence-corrected chi connectivity index (χ4v) is 3.64. The molecule has 0 radical (unpaired) electrons. The molecule has 1 aliphatic rings. The summed E-state index contributed by atoms with van der Waals surface area (Å²) in [6.45, 7) is 2.94. The first-order valence-electron chi connectivity index (χ1n) is 7.34. The molecule has 1 unspecified atom stereocenters. The lowest BCUT2D eigenvalue weighted by molar-refractivity contribution is -0.131. The number of imidazole rings is 1. The lowest BCUT2D eigenvalue weighted by Gasteiger charge is -2.23. The Balaban J connectivity index is 1.89. The highest BCUT2D eigenvalue weighted by Gasteiger charge is 2.27. The van der Waals surface area contributed by atoms with Crippen molar-refractivity contribution in [2.75, 3.05) is 19.6 Å². The molecule has 0 saturated carbocycles. The van der Waals surface area contributed by atoms with Gasteiger partial charge in [0.15, 0.2) is 5.03 Å². The number of nitrogens with one attached hydrogen (secondary N) is 1. The SMILES string of the molecule is Cc1nc(S(=O)(=O)NCCC(=O)N2CCCC2CN)cn1C. The number of hydrogen-bond donors (Lipinski definition) is 2. The molecule has 0 aliphatic carbocycles. The number of aryl methyl sites for hydroxylation is 2. The van der Waals surface area contributed by atoms with Gasteiger partial charge in [-0.05, 0) is 19.8 Å². The fraction of sp³-hybridized carbons (Fsp3) is 0.692. The van der Waals surface area contributed by atoms with Gasteiger partial charge in [0.25, 0.3) is 10.0 Å². The van der Waals surface area contributed by atoms with Crippen LogP contribution in [0.5, 0.6) is 0 Å². The van der Waals surface area contributed by atoms with Crippen LogP contribution in [0.4, 0.5) is 0 Å². The zero-order valence-electron chi connectivity index (χ0n) is 12.9. The van der Waals surface area contributed by atoms with E-state index in [2.05, 4.69) is 9.71 Å². The van der Waals surface area contributed by atoms with Gasteiger partial charge in [-0.15, -0.1) is 0 Å². The highest BCUT2D eigenvalue weighted by Crippen LogP contribution is 2.17. The molecule has 22 heavy (non-hydrogen) atoms. The molecule has 2 heterocycles. The summed E-state index contributed by atoms with van der Waals surface area (Å²) >= 11 is 0. The highest BCUT2D eigenvalue weighted by molar-refractivity contribution is 7.89. The molecule has 1 aromatic heterocycles. The maximum atomic E-state index is 12.1. The largest absolute Gasteiger partial charge is 0.338 e. The first kappa shape index (κ1) is 16.9. The standard InChI is InChI=1S/C13H23N5O3S/c1-10-16-12(9-17(10)2)22(20,21)15-6-5-13(19)18-7-3-4-11(18)8-14/h9,11,15H,3-8,14H2,1-2H3. The maximum absolute atomic E-state index is 12.1. The molecular weight excluding hydrogens is 306 g/mol. The van der Waals surface area contributed by atoms with Crippen LogP contribution in [0.3, 0.4) is 0 Å². The molecule has 2 rings (SSSR count). The van der Waals surface area contributed by atoms with E-state index >= 15 is 0 Å². The van der Waals surface area contributed by atoms with Gasteiger partial charge < -0.3 is 15.2 Å². The molecular formula is C13H23N5O3S. The Morgan fingerprint density at radius 2 is 2.27 bits per heavy atom. The Morgan fingerprint density at radius 3 is 2.86 bits per heavy atom. The van der Waals surface area contributed by atoms with Gasteiger partial charge >= 0.3 is 0 Å². The van der Waals surface area contributed by atoms with Crippen LogP contribution < -0.4 is 10.5 Å². The number of rotatable bonds is 6. The van der Waals surface area contributed by atoms with Crippen molar-refractivity contribution in [3.63, 3.8) is 0 Å². The van der Waals surface area contributed by atoms with Crippen LogP contribution in [-0.4, -0.2) is 54.5 Å². The van der Waals surface area contributed by atoms with Crippen molar-refractivity contribution in [1.29, 1.82) is 0 Å². The Bertz CT molecular complexity index is 621. The summed E-state index contributed by atoms with van der Waals surface area (Å²) in [6.07, 6.45) is 3.44. The summed E-state index contributed by atoms with van der Waals surface area (Å²) in [5.41, 5.74) is 5.64. The molecule has 1 amide bonds. The quantitative estimate of drug-likeness (QED) is 0.720. The molecule has 3 N–H and O–H groups in total. The zero-order valence-corrected chi connectivity index (χ0v) is 13.8. The lowest BCUT2D eigenvalue weighted by atomic mass is 10.2. The number of carbonyl (C=O) groups excluding carboxylic acids is 1. The van der Waals surface area contributed by atoms with E-state index in [1.165, 1.54) is 6.20 Å². The molecule has 0 aromatic carbocycles. The lowest BCUT2D eigenvalue weighted by Crippen LogP contribution is -2.41. The van der Waals surface area contributed by atoms with Gasteiger partial charge in [-0.2, -0.15) is 0 Å². The van der Waals surface area contributed by atoms with Gasteiger partial charge in [-0.25, -0.2) is 18.1 Å².